The zero-order valence-electron chi connectivity index (χ0n) is 18.3. The van der Waals surface area contributed by atoms with Crippen molar-refractivity contribution in [3.8, 4) is 17.2 Å². The molecule has 1 amide bonds. The van der Waals surface area contributed by atoms with Gasteiger partial charge in [-0.25, -0.2) is 9.78 Å². The van der Waals surface area contributed by atoms with Crippen LogP contribution in [0.4, 0.5) is 5.69 Å². The summed E-state index contributed by atoms with van der Waals surface area (Å²) in [5.41, 5.74) is 1.19. The number of carbonyl (C=O) groups excluding carboxylic acids is 2. The number of anilines is 1. The number of benzene rings is 2. The predicted octanol–water partition coefficient (Wildman–Crippen LogP) is 5.90. The third kappa shape index (κ3) is 3.87. The molecule has 34 heavy (non-hydrogen) atoms. The summed E-state index contributed by atoms with van der Waals surface area (Å²) < 4.78 is 23.6. The van der Waals surface area contributed by atoms with E-state index < -0.39 is 11.9 Å². The molecular formula is C24H18N2O6S2. The highest BCUT2D eigenvalue weighted by Crippen LogP contribution is 2.40. The Bertz CT molecular complexity index is 1530. The number of thiazole rings is 1. The fourth-order valence-electron chi connectivity index (χ4n) is 3.57. The first kappa shape index (κ1) is 21.9. The molecule has 0 saturated carbocycles. The van der Waals surface area contributed by atoms with Gasteiger partial charge in [-0.05, 0) is 30.5 Å². The third-order valence-corrected chi connectivity index (χ3v) is 6.95. The lowest BCUT2D eigenvalue weighted by Gasteiger charge is -2.15. The topological polar surface area (TPSA) is 99.9 Å². The first-order valence-corrected chi connectivity index (χ1v) is 11.8. The highest BCUT2D eigenvalue weighted by Gasteiger charge is 2.23. The Balaban J connectivity index is 1.56. The Morgan fingerprint density at radius 2 is 1.85 bits per heavy atom. The van der Waals surface area contributed by atoms with Crippen LogP contribution in [0.15, 0.2) is 52.5 Å². The second-order valence-corrected chi connectivity index (χ2v) is 9.34. The Morgan fingerprint density at radius 3 is 2.59 bits per heavy atom. The molecule has 0 aliphatic heterocycles. The number of amides is 1. The number of nitrogens with zero attached hydrogens (tertiary/aromatic N) is 1. The summed E-state index contributed by atoms with van der Waals surface area (Å²) in [6.07, 6.45) is 1.39. The zero-order chi connectivity index (χ0) is 23.8. The Hall–Kier alpha value is -3.89. The van der Waals surface area contributed by atoms with Gasteiger partial charge >= 0.3 is 5.97 Å². The number of fused-ring (bicyclic) bond motifs is 3. The summed E-state index contributed by atoms with van der Waals surface area (Å²) in [6.45, 7) is 1.94. The molecule has 0 spiro atoms. The van der Waals surface area contributed by atoms with Crippen LogP contribution in [-0.2, 0) is 0 Å². The van der Waals surface area contributed by atoms with Crippen LogP contribution >= 0.6 is 22.7 Å². The van der Waals surface area contributed by atoms with Crippen molar-refractivity contribution in [2.75, 3.05) is 19.5 Å². The molecule has 5 aromatic rings. The average molecular weight is 495 g/mol. The molecule has 10 heteroatoms. The van der Waals surface area contributed by atoms with Crippen molar-refractivity contribution < 1.29 is 28.2 Å². The van der Waals surface area contributed by atoms with Crippen LogP contribution in [-0.4, -0.2) is 31.1 Å². The van der Waals surface area contributed by atoms with Gasteiger partial charge in [-0.2, -0.15) is 0 Å². The van der Waals surface area contributed by atoms with Crippen LogP contribution in [0.5, 0.6) is 17.2 Å². The number of thiophene rings is 1. The highest BCUT2D eigenvalue weighted by molar-refractivity contribution is 7.21. The number of esters is 1. The molecule has 0 aliphatic rings. The van der Waals surface area contributed by atoms with Crippen LogP contribution in [0, 0.1) is 6.92 Å². The van der Waals surface area contributed by atoms with Crippen molar-refractivity contribution in [3.63, 3.8) is 0 Å². The number of methoxy groups -OCH3 is 2. The van der Waals surface area contributed by atoms with E-state index in [0.717, 1.165) is 25.3 Å². The van der Waals surface area contributed by atoms with Crippen LogP contribution in [0.2, 0.25) is 0 Å². The van der Waals surface area contributed by atoms with Crippen LogP contribution in [0.1, 0.15) is 25.9 Å². The number of carbonyl (C=O) groups is 2. The van der Waals surface area contributed by atoms with Crippen molar-refractivity contribution in [1.82, 2.24) is 4.98 Å². The number of rotatable bonds is 6. The normalized spacial score (nSPS) is 11.0. The van der Waals surface area contributed by atoms with E-state index in [-0.39, 0.29) is 17.0 Å². The van der Waals surface area contributed by atoms with Gasteiger partial charge in [0.1, 0.15) is 5.75 Å². The van der Waals surface area contributed by atoms with E-state index in [1.165, 1.54) is 61.4 Å². The van der Waals surface area contributed by atoms with Gasteiger partial charge < -0.3 is 23.9 Å². The van der Waals surface area contributed by atoms with Gasteiger partial charge in [0.25, 0.3) is 5.91 Å². The van der Waals surface area contributed by atoms with Crippen LogP contribution < -0.4 is 19.5 Å². The molecular weight excluding hydrogens is 476 g/mol. The Morgan fingerprint density at radius 1 is 1.06 bits per heavy atom. The molecule has 0 radical (unpaired) electrons. The summed E-state index contributed by atoms with van der Waals surface area (Å²) in [7, 11) is 2.93. The second-order valence-electron chi connectivity index (χ2n) is 7.19. The van der Waals surface area contributed by atoms with Crippen molar-refractivity contribution in [3.05, 3.63) is 64.4 Å². The lowest BCUT2D eigenvalue weighted by molar-refractivity contribution is 0.0738. The van der Waals surface area contributed by atoms with Crippen molar-refractivity contribution in [2.24, 2.45) is 0 Å². The molecule has 0 bridgehead atoms. The average Bonchev–Trinajstić information content (AvgIpc) is 3.58. The van der Waals surface area contributed by atoms with Crippen LogP contribution in [0.3, 0.4) is 0 Å². The molecule has 8 nitrogen and oxygen atoms in total. The SMILES string of the molecule is COc1cc(NC(=O)c2ccco2)c(C(=O)Oc2cc3sc(C)nc3c3sccc23)cc1OC. The van der Waals surface area contributed by atoms with E-state index in [0.29, 0.717) is 17.2 Å². The van der Waals surface area contributed by atoms with Crippen LogP contribution in [0.25, 0.3) is 20.3 Å². The van der Waals surface area contributed by atoms with E-state index in [4.69, 9.17) is 18.6 Å². The van der Waals surface area contributed by atoms with Gasteiger partial charge in [0.05, 0.1) is 51.7 Å². The van der Waals surface area contributed by atoms with Gasteiger partial charge in [0.15, 0.2) is 17.3 Å². The van der Waals surface area contributed by atoms with E-state index in [2.05, 4.69) is 10.3 Å². The maximum absolute atomic E-state index is 13.4. The standard InChI is InChI=1S/C24H18N2O6S2/c1-12-25-21-20(34-12)11-17(13-6-8-33-22(13)21)32-24(28)14-9-18(29-2)19(30-3)10-15(14)26-23(27)16-5-4-7-31-16/h4-11H,1-3H3,(H,26,27). The van der Waals surface area contributed by atoms with Crippen molar-refractivity contribution in [2.45, 2.75) is 6.92 Å². The summed E-state index contributed by atoms with van der Waals surface area (Å²) in [5, 5.41) is 6.34. The lowest BCUT2D eigenvalue weighted by Crippen LogP contribution is -2.17. The molecule has 2 aromatic carbocycles. The minimum atomic E-state index is -0.663. The lowest BCUT2D eigenvalue weighted by atomic mass is 10.1. The summed E-state index contributed by atoms with van der Waals surface area (Å²) in [4.78, 5) is 30.6. The molecule has 172 valence electrons. The maximum Gasteiger partial charge on any atom is 0.345 e. The minimum Gasteiger partial charge on any atom is -0.493 e. The van der Waals surface area contributed by atoms with Gasteiger partial charge in [0, 0.05) is 23.6 Å². The number of furan rings is 1. The predicted molar refractivity (Wildman–Crippen MR) is 131 cm³/mol. The Labute approximate surface area is 201 Å². The summed E-state index contributed by atoms with van der Waals surface area (Å²) >= 11 is 3.07. The van der Waals surface area contributed by atoms with E-state index in [9.17, 15) is 9.59 Å². The number of hydrogen-bond donors (Lipinski definition) is 1. The summed E-state index contributed by atoms with van der Waals surface area (Å²) in [5.74, 6) is -0.0114. The molecule has 1 N–H and O–H groups in total. The van der Waals surface area contributed by atoms with Gasteiger partial charge in [-0.3, -0.25) is 4.79 Å². The quantitative estimate of drug-likeness (QED) is 0.232. The molecule has 3 heterocycles. The zero-order valence-corrected chi connectivity index (χ0v) is 20.0. The molecule has 3 aromatic heterocycles. The van der Waals surface area contributed by atoms with Gasteiger partial charge in [0.2, 0.25) is 0 Å². The van der Waals surface area contributed by atoms with E-state index in [1.807, 2.05) is 24.4 Å². The van der Waals surface area contributed by atoms with E-state index >= 15 is 0 Å². The smallest absolute Gasteiger partial charge is 0.345 e. The fraction of sp³-hybridized carbons (Fsp3) is 0.125. The molecule has 0 aliphatic carbocycles. The molecule has 5 rings (SSSR count). The molecule has 0 saturated heterocycles. The monoisotopic (exact) mass is 494 g/mol. The number of hydrogen-bond acceptors (Lipinski definition) is 9. The van der Waals surface area contributed by atoms with E-state index in [1.54, 1.807) is 6.07 Å². The number of ether oxygens (including phenoxy) is 3. The first-order chi connectivity index (χ1) is 16.5. The molecule has 0 fully saturated rings. The number of aryl methyl sites for hydroxylation is 1. The highest BCUT2D eigenvalue weighted by atomic mass is 32.1. The van der Waals surface area contributed by atoms with Crippen molar-refractivity contribution >= 4 is 60.5 Å². The maximum atomic E-state index is 13.4. The molecule has 0 atom stereocenters. The summed E-state index contributed by atoms with van der Waals surface area (Å²) in [6, 6.07) is 9.81. The van der Waals surface area contributed by atoms with Crippen molar-refractivity contribution in [1.29, 1.82) is 0 Å². The minimum absolute atomic E-state index is 0.0973. The largest absolute Gasteiger partial charge is 0.493 e. The number of aromatic nitrogens is 1. The van der Waals surface area contributed by atoms with Gasteiger partial charge in [-0.1, -0.05) is 0 Å². The fourth-order valence-corrected chi connectivity index (χ4v) is 5.40. The second kappa shape index (κ2) is 8.81. The number of nitrogens with one attached hydrogen (secondary N) is 1. The Kier molecular flexibility index (Phi) is 5.68. The van der Waals surface area contributed by atoms with Gasteiger partial charge in [-0.15, -0.1) is 22.7 Å². The molecule has 0 unspecified atom stereocenters. The first-order valence-electron chi connectivity index (χ1n) is 10.1. The third-order valence-electron chi connectivity index (χ3n) is 5.11.